The van der Waals surface area contributed by atoms with Crippen molar-refractivity contribution < 1.29 is 9.21 Å². The molecule has 0 amide bonds. The molecular weight excluding hydrogens is 294 g/mol. The minimum Gasteiger partial charge on any atom is -0.459 e. The van der Waals surface area contributed by atoms with E-state index < -0.39 is 6.04 Å². The topological polar surface area (TPSA) is 33.5 Å². The zero-order chi connectivity index (χ0) is 13.1. The van der Waals surface area contributed by atoms with Gasteiger partial charge >= 0.3 is 0 Å². The molecule has 18 heavy (non-hydrogen) atoms. The van der Waals surface area contributed by atoms with Crippen LogP contribution in [0.15, 0.2) is 33.2 Å². The average molecular weight is 306 g/mol. The third kappa shape index (κ3) is 2.47. The van der Waals surface area contributed by atoms with Crippen molar-refractivity contribution in [2.75, 3.05) is 13.6 Å². The summed E-state index contributed by atoms with van der Waals surface area (Å²) in [6.45, 7) is 0.393. The van der Waals surface area contributed by atoms with Gasteiger partial charge < -0.3 is 9.21 Å². The maximum absolute atomic E-state index is 11.2. The first-order valence-electron chi connectivity index (χ1n) is 5.43. The molecule has 0 aliphatic carbocycles. The van der Waals surface area contributed by atoms with E-state index in [0.29, 0.717) is 12.3 Å². The van der Waals surface area contributed by atoms with Crippen LogP contribution in [0.25, 0.3) is 11.0 Å². The highest BCUT2D eigenvalue weighted by Crippen LogP contribution is 2.27. The van der Waals surface area contributed by atoms with Gasteiger partial charge in [0.15, 0.2) is 0 Å². The van der Waals surface area contributed by atoms with Crippen LogP contribution in [0, 0.1) is 12.3 Å². The van der Waals surface area contributed by atoms with E-state index in [1.165, 1.54) is 0 Å². The maximum Gasteiger partial charge on any atom is 0.144 e. The van der Waals surface area contributed by atoms with Crippen molar-refractivity contribution in [1.29, 1.82) is 0 Å². The highest BCUT2D eigenvalue weighted by molar-refractivity contribution is 9.10. The zero-order valence-corrected chi connectivity index (χ0v) is 11.5. The standard InChI is InChI=1S/C14H12BrNO2/c1-3-6-16(2)12(9-17)14-8-10-7-11(15)4-5-13(10)18-14/h1,4-5,7-9,12H,6H2,2H3. The lowest BCUT2D eigenvalue weighted by molar-refractivity contribution is -0.112. The third-order valence-corrected chi connectivity index (χ3v) is 3.23. The van der Waals surface area contributed by atoms with Crippen LogP contribution in [0.3, 0.4) is 0 Å². The number of terminal acetylenes is 1. The molecule has 2 rings (SSSR count). The van der Waals surface area contributed by atoms with Gasteiger partial charge in [-0.2, -0.15) is 0 Å². The minimum absolute atomic E-state index is 0.393. The summed E-state index contributed by atoms with van der Waals surface area (Å²) in [5.74, 6) is 3.12. The van der Waals surface area contributed by atoms with Crippen LogP contribution in [-0.2, 0) is 4.79 Å². The van der Waals surface area contributed by atoms with Gasteiger partial charge in [0.25, 0.3) is 0 Å². The first-order valence-corrected chi connectivity index (χ1v) is 6.23. The summed E-state index contributed by atoms with van der Waals surface area (Å²) in [6, 6.07) is 7.13. The van der Waals surface area contributed by atoms with Crippen molar-refractivity contribution in [3.63, 3.8) is 0 Å². The molecule has 0 aliphatic heterocycles. The number of likely N-dealkylation sites (N-methyl/N-ethyl adjacent to an activating group) is 1. The predicted octanol–water partition coefficient (Wildman–Crippen LogP) is 3.00. The van der Waals surface area contributed by atoms with Crippen LogP contribution < -0.4 is 0 Å². The number of carbonyl (C=O) groups excluding carboxylic acids is 1. The molecule has 0 spiro atoms. The van der Waals surface area contributed by atoms with E-state index in [1.54, 1.807) is 11.9 Å². The molecule has 0 N–H and O–H groups in total. The molecule has 2 aromatic rings. The van der Waals surface area contributed by atoms with Gasteiger partial charge in [0.2, 0.25) is 0 Å². The fourth-order valence-corrected chi connectivity index (χ4v) is 2.19. The first-order chi connectivity index (χ1) is 8.65. The Balaban J connectivity index is 2.40. The summed E-state index contributed by atoms with van der Waals surface area (Å²) in [5, 5.41) is 0.959. The smallest absolute Gasteiger partial charge is 0.144 e. The van der Waals surface area contributed by atoms with Crippen molar-refractivity contribution in [2.45, 2.75) is 6.04 Å². The number of hydrogen-bond donors (Lipinski definition) is 0. The Hall–Kier alpha value is -1.57. The molecular formula is C14H12BrNO2. The molecule has 0 saturated carbocycles. The summed E-state index contributed by atoms with van der Waals surface area (Å²) in [7, 11) is 1.79. The Labute approximate surface area is 114 Å². The normalized spacial score (nSPS) is 12.6. The fraction of sp³-hybridized carbons (Fsp3) is 0.214. The fourth-order valence-electron chi connectivity index (χ4n) is 1.81. The number of rotatable bonds is 4. The van der Waals surface area contributed by atoms with Crippen molar-refractivity contribution in [3.05, 3.63) is 34.5 Å². The number of benzene rings is 1. The number of carbonyl (C=O) groups is 1. The summed E-state index contributed by atoms with van der Waals surface area (Å²) < 4.78 is 6.66. The second-order valence-corrected chi connectivity index (χ2v) is 4.95. The number of furan rings is 1. The lowest BCUT2D eigenvalue weighted by Crippen LogP contribution is -2.25. The van der Waals surface area contributed by atoms with Crippen LogP contribution in [-0.4, -0.2) is 24.8 Å². The van der Waals surface area contributed by atoms with E-state index in [2.05, 4.69) is 21.9 Å². The van der Waals surface area contributed by atoms with Crippen LogP contribution in [0.4, 0.5) is 0 Å². The molecule has 1 heterocycles. The van der Waals surface area contributed by atoms with Gasteiger partial charge in [0.1, 0.15) is 23.7 Å². The minimum atomic E-state index is -0.452. The number of fused-ring (bicyclic) bond motifs is 1. The Morgan fingerprint density at radius 1 is 1.56 bits per heavy atom. The number of halogens is 1. The van der Waals surface area contributed by atoms with Gasteiger partial charge in [-0.05, 0) is 31.3 Å². The van der Waals surface area contributed by atoms with E-state index in [-0.39, 0.29) is 0 Å². The van der Waals surface area contributed by atoms with Crippen LogP contribution in [0.5, 0.6) is 0 Å². The molecule has 1 unspecified atom stereocenters. The molecule has 4 heteroatoms. The first kappa shape index (κ1) is 12.9. The summed E-state index contributed by atoms with van der Waals surface area (Å²) in [6.07, 6.45) is 6.09. The van der Waals surface area contributed by atoms with Crippen molar-refractivity contribution in [2.24, 2.45) is 0 Å². The van der Waals surface area contributed by atoms with E-state index in [1.807, 2.05) is 24.3 Å². The third-order valence-electron chi connectivity index (χ3n) is 2.73. The maximum atomic E-state index is 11.2. The number of nitrogens with zero attached hydrogens (tertiary/aromatic N) is 1. The molecule has 1 aromatic carbocycles. The lowest BCUT2D eigenvalue weighted by atomic mass is 10.2. The van der Waals surface area contributed by atoms with Crippen LogP contribution in [0.2, 0.25) is 0 Å². The van der Waals surface area contributed by atoms with E-state index in [9.17, 15) is 4.79 Å². The Bertz CT molecular complexity index is 612. The largest absolute Gasteiger partial charge is 0.459 e. The second kappa shape index (κ2) is 5.38. The molecule has 3 nitrogen and oxygen atoms in total. The molecule has 1 aromatic heterocycles. The van der Waals surface area contributed by atoms with E-state index in [0.717, 1.165) is 21.7 Å². The predicted molar refractivity (Wildman–Crippen MR) is 74.2 cm³/mol. The molecule has 0 bridgehead atoms. The lowest BCUT2D eigenvalue weighted by Gasteiger charge is -2.18. The molecule has 0 aliphatic rings. The van der Waals surface area contributed by atoms with E-state index >= 15 is 0 Å². The van der Waals surface area contributed by atoms with Crippen molar-refractivity contribution >= 4 is 33.2 Å². The van der Waals surface area contributed by atoms with Crippen molar-refractivity contribution in [1.82, 2.24) is 4.90 Å². The van der Waals surface area contributed by atoms with Gasteiger partial charge in [-0.1, -0.05) is 21.9 Å². The summed E-state index contributed by atoms with van der Waals surface area (Å²) in [4.78, 5) is 12.9. The van der Waals surface area contributed by atoms with E-state index in [4.69, 9.17) is 10.8 Å². The quantitative estimate of drug-likeness (QED) is 0.643. The van der Waals surface area contributed by atoms with Gasteiger partial charge in [-0.15, -0.1) is 6.42 Å². The summed E-state index contributed by atoms with van der Waals surface area (Å²) >= 11 is 3.40. The Morgan fingerprint density at radius 2 is 2.33 bits per heavy atom. The molecule has 0 radical (unpaired) electrons. The van der Waals surface area contributed by atoms with Gasteiger partial charge in [0.05, 0.1) is 6.54 Å². The van der Waals surface area contributed by atoms with Gasteiger partial charge in [-0.25, -0.2) is 0 Å². The summed E-state index contributed by atoms with van der Waals surface area (Å²) in [5.41, 5.74) is 0.758. The highest BCUT2D eigenvalue weighted by Gasteiger charge is 2.19. The van der Waals surface area contributed by atoms with Gasteiger partial charge in [-0.3, -0.25) is 4.90 Å². The van der Waals surface area contributed by atoms with Crippen LogP contribution in [0.1, 0.15) is 11.8 Å². The Morgan fingerprint density at radius 3 is 3.00 bits per heavy atom. The molecule has 0 fully saturated rings. The number of hydrogen-bond acceptors (Lipinski definition) is 3. The molecule has 1 atom stereocenters. The SMILES string of the molecule is C#CCN(C)C(C=O)c1cc2cc(Br)ccc2o1. The molecule has 0 saturated heterocycles. The monoisotopic (exact) mass is 305 g/mol. The Kier molecular flexibility index (Phi) is 3.85. The van der Waals surface area contributed by atoms with Crippen LogP contribution >= 0.6 is 15.9 Å². The van der Waals surface area contributed by atoms with Crippen molar-refractivity contribution in [3.8, 4) is 12.3 Å². The average Bonchev–Trinajstić information content (AvgIpc) is 2.72. The number of aldehydes is 1. The zero-order valence-electron chi connectivity index (χ0n) is 9.89. The highest BCUT2D eigenvalue weighted by atomic mass is 79.9. The second-order valence-electron chi connectivity index (χ2n) is 4.03. The molecule has 92 valence electrons. The van der Waals surface area contributed by atoms with Gasteiger partial charge in [0, 0.05) is 9.86 Å².